The van der Waals surface area contributed by atoms with Gasteiger partial charge in [0, 0.05) is 16.7 Å². The van der Waals surface area contributed by atoms with Crippen LogP contribution in [0.4, 0.5) is 5.69 Å². The zero-order chi connectivity index (χ0) is 18.6. The van der Waals surface area contributed by atoms with E-state index < -0.39 is 5.54 Å². The summed E-state index contributed by atoms with van der Waals surface area (Å²) < 4.78 is 0.908. The Labute approximate surface area is 166 Å². The van der Waals surface area contributed by atoms with E-state index in [1.165, 1.54) is 4.88 Å². The first-order chi connectivity index (χ1) is 12.3. The molecular formula is C21H19NOS3. The van der Waals surface area contributed by atoms with Crippen molar-refractivity contribution in [1.82, 2.24) is 0 Å². The minimum Gasteiger partial charge on any atom is -0.297 e. The van der Waals surface area contributed by atoms with Crippen molar-refractivity contribution in [1.29, 1.82) is 0 Å². The van der Waals surface area contributed by atoms with E-state index in [1.54, 1.807) is 20.7 Å². The van der Waals surface area contributed by atoms with Gasteiger partial charge in [-0.15, -0.1) is 0 Å². The van der Waals surface area contributed by atoms with Crippen molar-refractivity contribution < 1.29 is 4.79 Å². The topological polar surface area (TPSA) is 20.3 Å². The highest BCUT2D eigenvalue weighted by atomic mass is 32.9. The summed E-state index contributed by atoms with van der Waals surface area (Å²) in [5, 5.41) is 0. The van der Waals surface area contributed by atoms with E-state index in [2.05, 4.69) is 39.0 Å². The molecule has 0 saturated heterocycles. The third-order valence-electron chi connectivity index (χ3n) is 4.88. The monoisotopic (exact) mass is 397 g/mol. The van der Waals surface area contributed by atoms with Gasteiger partial charge in [-0.1, -0.05) is 62.7 Å². The lowest BCUT2D eigenvalue weighted by Gasteiger charge is -2.43. The summed E-state index contributed by atoms with van der Waals surface area (Å²) >= 11 is 5.62. The van der Waals surface area contributed by atoms with Crippen LogP contribution in [0.2, 0.25) is 0 Å². The molecule has 1 aliphatic heterocycles. The van der Waals surface area contributed by atoms with Gasteiger partial charge in [-0.05, 0) is 51.5 Å². The molecule has 1 aliphatic rings. The lowest BCUT2D eigenvalue weighted by molar-refractivity contribution is 0.0961. The molecule has 1 aromatic heterocycles. The fourth-order valence-corrected chi connectivity index (χ4v) is 6.89. The molecule has 0 N–H and O–H groups in total. The summed E-state index contributed by atoms with van der Waals surface area (Å²) in [6.45, 7) is 8.30. The fraction of sp³-hybridized carbons (Fsp3) is 0.238. The van der Waals surface area contributed by atoms with Gasteiger partial charge in [-0.2, -0.15) is 0 Å². The van der Waals surface area contributed by atoms with Crippen LogP contribution in [-0.4, -0.2) is 5.91 Å². The quantitative estimate of drug-likeness (QED) is 0.336. The highest BCUT2D eigenvalue weighted by Gasteiger charge is 2.43. The molecule has 3 aromatic rings. The van der Waals surface area contributed by atoms with Crippen LogP contribution in [-0.2, 0) is 5.54 Å². The van der Waals surface area contributed by atoms with Gasteiger partial charge in [0.2, 0.25) is 0 Å². The van der Waals surface area contributed by atoms with Gasteiger partial charge >= 0.3 is 0 Å². The lowest BCUT2D eigenvalue weighted by Crippen LogP contribution is -2.47. The number of benzene rings is 2. The van der Waals surface area contributed by atoms with Crippen molar-refractivity contribution in [3.05, 3.63) is 67.9 Å². The van der Waals surface area contributed by atoms with Crippen LogP contribution in [0.3, 0.4) is 0 Å². The molecule has 26 heavy (non-hydrogen) atoms. The fourth-order valence-electron chi connectivity index (χ4n) is 3.61. The number of nitrogens with zero attached hydrogens (tertiary/aromatic N) is 1. The second-order valence-electron chi connectivity index (χ2n) is 7.25. The van der Waals surface area contributed by atoms with E-state index in [9.17, 15) is 4.79 Å². The smallest absolute Gasteiger partial charge is 0.259 e. The molecule has 5 heteroatoms. The van der Waals surface area contributed by atoms with Crippen LogP contribution < -0.4 is 4.90 Å². The zero-order valence-electron chi connectivity index (χ0n) is 15.1. The summed E-state index contributed by atoms with van der Waals surface area (Å²) in [6.07, 6.45) is 0. The lowest BCUT2D eigenvalue weighted by atomic mass is 9.86. The Bertz CT molecular complexity index is 1090. The molecule has 132 valence electrons. The average Bonchev–Trinajstić information content (AvgIpc) is 2.97. The minimum absolute atomic E-state index is 0.0283. The van der Waals surface area contributed by atoms with Gasteiger partial charge in [-0.3, -0.25) is 9.69 Å². The summed E-state index contributed by atoms with van der Waals surface area (Å²) in [4.78, 5) is 16.7. The van der Waals surface area contributed by atoms with E-state index in [0.29, 0.717) is 5.56 Å². The molecule has 2 heterocycles. The van der Waals surface area contributed by atoms with Crippen molar-refractivity contribution in [3.63, 3.8) is 0 Å². The molecule has 2 aromatic carbocycles. The van der Waals surface area contributed by atoms with E-state index in [4.69, 9.17) is 12.2 Å². The van der Waals surface area contributed by atoms with Gasteiger partial charge in [0.15, 0.2) is 0 Å². The van der Waals surface area contributed by atoms with Crippen molar-refractivity contribution in [3.8, 4) is 11.1 Å². The number of anilines is 1. The summed E-state index contributed by atoms with van der Waals surface area (Å²) in [7, 11) is 3.31. The largest absolute Gasteiger partial charge is 0.297 e. The van der Waals surface area contributed by atoms with Crippen LogP contribution in [0.1, 0.15) is 40.2 Å². The molecule has 0 bridgehead atoms. The Kier molecular flexibility index (Phi) is 4.14. The molecule has 0 saturated carbocycles. The molecule has 2 nitrogen and oxygen atoms in total. The maximum Gasteiger partial charge on any atom is 0.259 e. The average molecular weight is 398 g/mol. The molecule has 0 aliphatic carbocycles. The van der Waals surface area contributed by atoms with Crippen LogP contribution >= 0.6 is 32.9 Å². The minimum atomic E-state index is -0.449. The summed E-state index contributed by atoms with van der Waals surface area (Å²) in [5.41, 5.74) is 5.63. The number of fused-ring (bicyclic) bond motifs is 3. The Morgan fingerprint density at radius 2 is 1.77 bits per heavy atom. The number of hydrogen-bond acceptors (Lipinski definition) is 4. The molecular weight excluding hydrogens is 378 g/mol. The molecule has 0 unspecified atom stereocenters. The molecule has 0 fully saturated rings. The number of rotatable bonds is 1. The van der Waals surface area contributed by atoms with E-state index in [0.717, 1.165) is 31.8 Å². The van der Waals surface area contributed by atoms with Crippen LogP contribution in [0.5, 0.6) is 0 Å². The number of carbonyl (C=O) groups excluding carboxylic acids is 1. The van der Waals surface area contributed by atoms with Crippen LogP contribution in [0, 0.1) is 17.7 Å². The maximum absolute atomic E-state index is 13.6. The summed E-state index contributed by atoms with van der Waals surface area (Å²) in [5.74, 6) is 0.0283. The summed E-state index contributed by atoms with van der Waals surface area (Å²) in [6, 6.07) is 14.1. The first kappa shape index (κ1) is 17.6. The number of carbonyl (C=O) groups is 1. The van der Waals surface area contributed by atoms with Gasteiger partial charge in [-0.25, -0.2) is 0 Å². The molecule has 0 atom stereocenters. The van der Waals surface area contributed by atoms with E-state index in [1.807, 2.05) is 36.1 Å². The third-order valence-corrected chi connectivity index (χ3v) is 8.21. The third kappa shape index (κ3) is 2.57. The number of hydrogen-bond donors (Lipinski definition) is 0. The second kappa shape index (κ2) is 6.12. The Balaban J connectivity index is 1.99. The van der Waals surface area contributed by atoms with Gasteiger partial charge in [0.05, 0.1) is 16.1 Å². The predicted octanol–water partition coefficient (Wildman–Crippen LogP) is 6.72. The highest BCUT2D eigenvalue weighted by Crippen LogP contribution is 2.52. The normalized spacial score (nSPS) is 14.7. The molecule has 4 rings (SSSR count). The van der Waals surface area contributed by atoms with Crippen molar-refractivity contribution in [2.75, 3.05) is 4.90 Å². The predicted molar refractivity (Wildman–Crippen MR) is 114 cm³/mol. The van der Waals surface area contributed by atoms with Crippen molar-refractivity contribution in [2.24, 2.45) is 0 Å². The van der Waals surface area contributed by atoms with E-state index >= 15 is 0 Å². The highest BCUT2D eigenvalue weighted by molar-refractivity contribution is 7.80. The van der Waals surface area contributed by atoms with Crippen LogP contribution in [0.25, 0.3) is 11.1 Å². The van der Waals surface area contributed by atoms with Crippen molar-refractivity contribution >= 4 is 44.5 Å². The Hall–Kier alpha value is -1.82. The molecule has 0 radical (unpaired) electrons. The number of amides is 1. The van der Waals surface area contributed by atoms with Crippen LogP contribution in [0.15, 0.2) is 42.5 Å². The standard InChI is InChI=1S/C21H19NOS3/c1-12-6-5-7-14(10-12)19(23)22-16-11-13(2)8-9-15(16)17-18(21(22,3)4)25-26-20(17)24/h5-11H,1-4H3. The number of aryl methyl sites for hydroxylation is 2. The SMILES string of the molecule is Cc1cccc(C(=O)N2c3cc(C)ccc3-c3c(ssc3=S)C2(C)C)c1. The first-order valence-electron chi connectivity index (χ1n) is 8.46. The zero-order valence-corrected chi connectivity index (χ0v) is 17.6. The Morgan fingerprint density at radius 3 is 2.50 bits per heavy atom. The van der Waals surface area contributed by atoms with E-state index in [-0.39, 0.29) is 5.91 Å². The van der Waals surface area contributed by atoms with Crippen molar-refractivity contribution in [2.45, 2.75) is 33.2 Å². The van der Waals surface area contributed by atoms with Gasteiger partial charge < -0.3 is 0 Å². The molecule has 1 amide bonds. The second-order valence-corrected chi connectivity index (χ2v) is 10.1. The van der Waals surface area contributed by atoms with Gasteiger partial charge in [0.25, 0.3) is 5.91 Å². The van der Waals surface area contributed by atoms with Gasteiger partial charge in [0.1, 0.15) is 3.82 Å². The first-order valence-corrected chi connectivity index (χ1v) is 11.0. The molecule has 0 spiro atoms. The maximum atomic E-state index is 13.6. The Morgan fingerprint density at radius 1 is 1.04 bits per heavy atom.